The second-order valence-electron chi connectivity index (χ2n) is 4.08. The van der Waals surface area contributed by atoms with Gasteiger partial charge in [-0.3, -0.25) is 4.79 Å². The minimum Gasteiger partial charge on any atom is -0.393 e. The van der Waals surface area contributed by atoms with E-state index in [0.29, 0.717) is 25.9 Å². The van der Waals surface area contributed by atoms with Crippen molar-refractivity contribution in [2.24, 2.45) is 0 Å². The Morgan fingerprint density at radius 1 is 1.38 bits per heavy atom. The van der Waals surface area contributed by atoms with Crippen LogP contribution in [-0.2, 0) is 4.79 Å². The largest absolute Gasteiger partial charge is 0.393 e. The number of likely N-dealkylation sites (tertiary alicyclic amines) is 1. The van der Waals surface area contributed by atoms with Gasteiger partial charge in [-0.25, -0.2) is 0 Å². The molecule has 1 aliphatic rings. The molecule has 0 bridgehead atoms. The number of carbonyl (C=O) groups is 1. The highest BCUT2D eigenvalue weighted by Gasteiger charge is 2.31. The first kappa shape index (κ1) is 10.5. The lowest BCUT2D eigenvalue weighted by molar-refractivity contribution is -0.149. The Kier molecular flexibility index (Phi) is 2.93. The number of amides is 1. The van der Waals surface area contributed by atoms with Crippen molar-refractivity contribution >= 4 is 5.91 Å². The van der Waals surface area contributed by atoms with E-state index in [0.717, 1.165) is 0 Å². The second-order valence-corrected chi connectivity index (χ2v) is 4.08. The van der Waals surface area contributed by atoms with Crippen LogP contribution in [0, 0.1) is 0 Å². The first-order valence-corrected chi connectivity index (χ1v) is 4.61. The quantitative estimate of drug-likeness (QED) is 0.594. The number of hydrogen-bond donors (Lipinski definition) is 2. The summed E-state index contributed by atoms with van der Waals surface area (Å²) in [6, 6.07) is 0. The average molecular weight is 187 g/mol. The minimum absolute atomic E-state index is 0.251. The Bertz CT molecular complexity index is 190. The molecule has 1 amide bonds. The molecule has 1 rings (SSSR count). The van der Waals surface area contributed by atoms with Crippen molar-refractivity contribution in [2.75, 3.05) is 13.1 Å². The number of carbonyl (C=O) groups excluding carboxylic acids is 1. The summed E-state index contributed by atoms with van der Waals surface area (Å²) in [5.74, 6) is -0.251. The fourth-order valence-electron chi connectivity index (χ4n) is 1.46. The number of aliphatic hydroxyl groups is 2. The van der Waals surface area contributed by atoms with Crippen LogP contribution in [0.25, 0.3) is 0 Å². The molecule has 2 N–H and O–H groups in total. The lowest BCUT2D eigenvalue weighted by atomic mass is 10.0. The van der Waals surface area contributed by atoms with Crippen LogP contribution in [0.5, 0.6) is 0 Å². The van der Waals surface area contributed by atoms with Gasteiger partial charge in [0.2, 0.25) is 0 Å². The summed E-state index contributed by atoms with van der Waals surface area (Å²) in [6.45, 7) is 4.06. The zero-order valence-electron chi connectivity index (χ0n) is 8.16. The molecule has 76 valence electrons. The molecule has 0 unspecified atom stereocenters. The SMILES string of the molecule is CC(C)(O)C(=O)N1CCC(O)CC1. The molecule has 0 radical (unpaired) electrons. The van der Waals surface area contributed by atoms with Crippen molar-refractivity contribution in [1.29, 1.82) is 0 Å². The van der Waals surface area contributed by atoms with Gasteiger partial charge in [-0.15, -0.1) is 0 Å². The highest BCUT2D eigenvalue weighted by atomic mass is 16.3. The molecule has 1 fully saturated rings. The van der Waals surface area contributed by atoms with Crippen LogP contribution in [0.2, 0.25) is 0 Å². The van der Waals surface area contributed by atoms with Gasteiger partial charge < -0.3 is 15.1 Å². The summed E-state index contributed by atoms with van der Waals surface area (Å²) < 4.78 is 0. The second kappa shape index (κ2) is 3.64. The fourth-order valence-corrected chi connectivity index (χ4v) is 1.46. The molecule has 1 aliphatic heterocycles. The molecule has 0 aromatic carbocycles. The van der Waals surface area contributed by atoms with E-state index < -0.39 is 5.60 Å². The van der Waals surface area contributed by atoms with Crippen molar-refractivity contribution in [3.05, 3.63) is 0 Å². The average Bonchev–Trinajstić information content (AvgIpc) is 2.03. The summed E-state index contributed by atoms with van der Waals surface area (Å²) in [7, 11) is 0. The van der Waals surface area contributed by atoms with Gasteiger partial charge in [0, 0.05) is 13.1 Å². The zero-order chi connectivity index (χ0) is 10.1. The number of rotatable bonds is 1. The van der Waals surface area contributed by atoms with Crippen LogP contribution in [0.3, 0.4) is 0 Å². The lowest BCUT2D eigenvalue weighted by Crippen LogP contribution is -2.49. The van der Waals surface area contributed by atoms with Gasteiger partial charge in [-0.1, -0.05) is 0 Å². The topological polar surface area (TPSA) is 60.8 Å². The van der Waals surface area contributed by atoms with Crippen molar-refractivity contribution in [2.45, 2.75) is 38.4 Å². The molecule has 1 saturated heterocycles. The Morgan fingerprint density at radius 2 is 1.85 bits per heavy atom. The molecule has 13 heavy (non-hydrogen) atoms. The highest BCUT2D eigenvalue weighted by molar-refractivity contribution is 5.84. The van der Waals surface area contributed by atoms with Crippen LogP contribution < -0.4 is 0 Å². The molecule has 0 aromatic heterocycles. The maximum atomic E-state index is 11.5. The van der Waals surface area contributed by atoms with Crippen LogP contribution in [0.1, 0.15) is 26.7 Å². The van der Waals surface area contributed by atoms with Gasteiger partial charge >= 0.3 is 0 Å². The van der Waals surface area contributed by atoms with E-state index in [-0.39, 0.29) is 12.0 Å². The molecule has 0 atom stereocenters. The van der Waals surface area contributed by atoms with E-state index in [2.05, 4.69) is 0 Å². The first-order valence-electron chi connectivity index (χ1n) is 4.61. The van der Waals surface area contributed by atoms with Gasteiger partial charge in [0.25, 0.3) is 5.91 Å². The Balaban J connectivity index is 2.50. The molecule has 0 aromatic rings. The Morgan fingerprint density at radius 3 is 2.23 bits per heavy atom. The Labute approximate surface area is 78.2 Å². The van der Waals surface area contributed by atoms with E-state index >= 15 is 0 Å². The third-order valence-corrected chi connectivity index (χ3v) is 2.28. The normalized spacial score (nSPS) is 20.5. The smallest absolute Gasteiger partial charge is 0.253 e. The Hall–Kier alpha value is -0.610. The van der Waals surface area contributed by atoms with Gasteiger partial charge in [-0.05, 0) is 26.7 Å². The first-order chi connectivity index (χ1) is 5.91. The molecule has 4 heteroatoms. The number of piperidine rings is 1. The van der Waals surface area contributed by atoms with Gasteiger partial charge in [0.05, 0.1) is 6.10 Å². The standard InChI is InChI=1S/C9H17NO3/c1-9(2,13)8(12)10-5-3-7(11)4-6-10/h7,11,13H,3-6H2,1-2H3. The monoisotopic (exact) mass is 187 g/mol. The summed E-state index contributed by atoms with van der Waals surface area (Å²) in [6.07, 6.45) is 0.940. The van der Waals surface area contributed by atoms with Crippen LogP contribution in [0.4, 0.5) is 0 Å². The number of nitrogens with zero attached hydrogens (tertiary/aromatic N) is 1. The lowest BCUT2D eigenvalue weighted by Gasteiger charge is -2.33. The van der Waals surface area contributed by atoms with Crippen molar-refractivity contribution in [1.82, 2.24) is 4.90 Å². The fraction of sp³-hybridized carbons (Fsp3) is 0.889. The molecule has 0 aliphatic carbocycles. The van der Waals surface area contributed by atoms with Gasteiger partial charge in [-0.2, -0.15) is 0 Å². The van der Waals surface area contributed by atoms with E-state index in [1.807, 2.05) is 0 Å². The predicted octanol–water partition coefficient (Wildman–Crippen LogP) is -0.259. The maximum Gasteiger partial charge on any atom is 0.253 e. The molecule has 4 nitrogen and oxygen atoms in total. The van der Waals surface area contributed by atoms with Crippen LogP contribution >= 0.6 is 0 Å². The minimum atomic E-state index is -1.29. The summed E-state index contributed by atoms with van der Waals surface area (Å²) in [5.41, 5.74) is -1.29. The zero-order valence-corrected chi connectivity index (χ0v) is 8.16. The van der Waals surface area contributed by atoms with Crippen LogP contribution in [0.15, 0.2) is 0 Å². The number of aliphatic hydroxyl groups excluding tert-OH is 1. The van der Waals surface area contributed by atoms with Crippen molar-refractivity contribution < 1.29 is 15.0 Å². The molecular weight excluding hydrogens is 170 g/mol. The van der Waals surface area contributed by atoms with Crippen molar-refractivity contribution in [3.8, 4) is 0 Å². The third kappa shape index (κ3) is 2.67. The summed E-state index contributed by atoms with van der Waals surface area (Å²) >= 11 is 0. The van der Waals surface area contributed by atoms with Gasteiger partial charge in [0.1, 0.15) is 5.60 Å². The van der Waals surface area contributed by atoms with Crippen LogP contribution in [-0.4, -0.2) is 45.8 Å². The maximum absolute atomic E-state index is 11.5. The number of hydrogen-bond acceptors (Lipinski definition) is 3. The molecule has 1 heterocycles. The van der Waals surface area contributed by atoms with Crippen molar-refractivity contribution in [3.63, 3.8) is 0 Å². The van der Waals surface area contributed by atoms with E-state index in [4.69, 9.17) is 0 Å². The summed E-state index contributed by atoms with van der Waals surface area (Å²) in [5, 5.41) is 18.7. The third-order valence-electron chi connectivity index (χ3n) is 2.28. The van der Waals surface area contributed by atoms with E-state index in [9.17, 15) is 15.0 Å². The van der Waals surface area contributed by atoms with Gasteiger partial charge in [0.15, 0.2) is 0 Å². The highest BCUT2D eigenvalue weighted by Crippen LogP contribution is 2.14. The van der Waals surface area contributed by atoms with E-state index in [1.165, 1.54) is 13.8 Å². The molecular formula is C9H17NO3. The predicted molar refractivity (Wildman–Crippen MR) is 48.1 cm³/mol. The van der Waals surface area contributed by atoms with E-state index in [1.54, 1.807) is 4.90 Å². The summed E-state index contributed by atoms with van der Waals surface area (Å²) in [4.78, 5) is 13.1. The molecule has 0 saturated carbocycles. The molecule has 0 spiro atoms.